The molecule has 7 nitrogen and oxygen atoms in total. The third-order valence-electron chi connectivity index (χ3n) is 3.22. The maximum absolute atomic E-state index is 12.4. The van der Waals surface area contributed by atoms with Crippen LogP contribution in [0.15, 0.2) is 48.0 Å². The molecular formula is C18H21N3O4S. The molecule has 2 aromatic rings. The second-order valence-corrected chi connectivity index (χ2v) is 7.86. The first-order valence-electron chi connectivity index (χ1n) is 8.01. The van der Waals surface area contributed by atoms with Gasteiger partial charge >= 0.3 is 0 Å². The summed E-state index contributed by atoms with van der Waals surface area (Å²) < 4.78 is 27.9. The Balaban J connectivity index is 2.23. The summed E-state index contributed by atoms with van der Waals surface area (Å²) in [5.74, 6) is 0.878. The summed E-state index contributed by atoms with van der Waals surface area (Å²) in [4.78, 5) is 21.0. The standard InChI is InChI=1S/C18H21N3O4S/c1-13(2)16-20-12-15(17(22)19-10-7-11-26(3,23)24)18(21-16)25-14-8-5-4-6-9-14/h4-9,11-13H,10H2,1-3H3,(H,19,22). The molecule has 0 bridgehead atoms. The highest BCUT2D eigenvalue weighted by Gasteiger charge is 2.17. The van der Waals surface area contributed by atoms with Gasteiger partial charge in [0.1, 0.15) is 17.1 Å². The largest absolute Gasteiger partial charge is 0.438 e. The second kappa shape index (κ2) is 8.57. The van der Waals surface area contributed by atoms with Crippen LogP contribution in [0.3, 0.4) is 0 Å². The van der Waals surface area contributed by atoms with E-state index in [1.54, 1.807) is 12.1 Å². The lowest BCUT2D eigenvalue weighted by Crippen LogP contribution is -2.24. The van der Waals surface area contributed by atoms with Gasteiger partial charge in [-0.15, -0.1) is 0 Å². The first kappa shape index (κ1) is 19.6. The predicted octanol–water partition coefficient (Wildman–Crippen LogP) is 2.68. The molecule has 1 amide bonds. The van der Waals surface area contributed by atoms with Gasteiger partial charge in [0.25, 0.3) is 5.91 Å². The molecule has 1 aromatic carbocycles. The third kappa shape index (κ3) is 5.96. The Hall–Kier alpha value is -2.74. The molecule has 0 saturated heterocycles. The minimum absolute atomic E-state index is 0.0581. The topological polar surface area (TPSA) is 98.2 Å². The number of sulfone groups is 1. The van der Waals surface area contributed by atoms with E-state index >= 15 is 0 Å². The summed E-state index contributed by atoms with van der Waals surface area (Å²) in [5.41, 5.74) is 0.172. The fraction of sp³-hybridized carbons (Fsp3) is 0.278. The highest BCUT2D eigenvalue weighted by molar-refractivity contribution is 7.93. The van der Waals surface area contributed by atoms with Crippen molar-refractivity contribution in [2.75, 3.05) is 12.8 Å². The highest BCUT2D eigenvalue weighted by Crippen LogP contribution is 2.24. The van der Waals surface area contributed by atoms with E-state index in [-0.39, 0.29) is 23.9 Å². The van der Waals surface area contributed by atoms with Crippen molar-refractivity contribution in [2.24, 2.45) is 0 Å². The first-order chi connectivity index (χ1) is 12.3. The minimum atomic E-state index is -3.23. The number of nitrogens with zero attached hydrogens (tertiary/aromatic N) is 2. The van der Waals surface area contributed by atoms with E-state index in [4.69, 9.17) is 4.74 Å². The zero-order valence-corrected chi connectivity index (χ0v) is 15.7. The zero-order chi connectivity index (χ0) is 19.2. The SMILES string of the molecule is CC(C)c1ncc(C(=O)NCC=CS(C)(=O)=O)c(Oc2ccccc2)n1. The van der Waals surface area contributed by atoms with Gasteiger partial charge in [-0.3, -0.25) is 4.79 Å². The van der Waals surface area contributed by atoms with Crippen LogP contribution in [0.25, 0.3) is 0 Å². The van der Waals surface area contributed by atoms with Crippen molar-refractivity contribution in [3.63, 3.8) is 0 Å². The Bertz CT molecular complexity index is 894. The van der Waals surface area contributed by atoms with Crippen LogP contribution in [0.1, 0.15) is 35.9 Å². The fourth-order valence-corrected chi connectivity index (χ4v) is 2.41. The number of hydrogen-bond acceptors (Lipinski definition) is 6. The van der Waals surface area contributed by atoms with E-state index in [0.29, 0.717) is 11.6 Å². The molecule has 0 saturated carbocycles. The molecule has 1 aromatic heterocycles. The third-order valence-corrected chi connectivity index (χ3v) is 3.90. The molecule has 2 rings (SSSR count). The lowest BCUT2D eigenvalue weighted by atomic mass is 10.2. The number of aromatic nitrogens is 2. The van der Waals surface area contributed by atoms with Crippen LogP contribution >= 0.6 is 0 Å². The van der Waals surface area contributed by atoms with E-state index in [2.05, 4.69) is 15.3 Å². The van der Waals surface area contributed by atoms with Gasteiger partial charge in [-0.2, -0.15) is 4.98 Å². The molecule has 0 aliphatic carbocycles. The normalized spacial score (nSPS) is 11.7. The Morgan fingerprint density at radius 2 is 1.96 bits per heavy atom. The van der Waals surface area contributed by atoms with E-state index in [0.717, 1.165) is 11.7 Å². The second-order valence-electron chi connectivity index (χ2n) is 5.93. The van der Waals surface area contributed by atoms with Crippen LogP contribution in [0.5, 0.6) is 11.6 Å². The number of amides is 1. The number of nitrogens with one attached hydrogen (secondary N) is 1. The van der Waals surface area contributed by atoms with Gasteiger partial charge in [0.05, 0.1) is 0 Å². The number of carbonyl (C=O) groups excluding carboxylic acids is 1. The molecule has 1 heterocycles. The van der Waals surface area contributed by atoms with Crippen LogP contribution in [0.2, 0.25) is 0 Å². The van der Waals surface area contributed by atoms with E-state index in [9.17, 15) is 13.2 Å². The summed E-state index contributed by atoms with van der Waals surface area (Å²) in [6.07, 6.45) is 3.85. The average molecular weight is 375 g/mol. The van der Waals surface area contributed by atoms with Gasteiger partial charge in [-0.1, -0.05) is 38.1 Å². The van der Waals surface area contributed by atoms with Gasteiger partial charge in [0.2, 0.25) is 5.88 Å². The zero-order valence-electron chi connectivity index (χ0n) is 14.8. The van der Waals surface area contributed by atoms with Crippen molar-refractivity contribution >= 4 is 15.7 Å². The van der Waals surface area contributed by atoms with E-state index in [1.807, 2.05) is 32.0 Å². The van der Waals surface area contributed by atoms with E-state index in [1.165, 1.54) is 12.3 Å². The van der Waals surface area contributed by atoms with Gasteiger partial charge in [-0.05, 0) is 12.1 Å². The molecule has 0 unspecified atom stereocenters. The summed E-state index contributed by atoms with van der Waals surface area (Å²) in [5, 5.41) is 3.63. The molecule has 0 radical (unpaired) electrons. The van der Waals surface area contributed by atoms with Crippen LogP contribution in [-0.2, 0) is 9.84 Å². The molecule has 8 heteroatoms. The smallest absolute Gasteiger partial charge is 0.258 e. The summed E-state index contributed by atoms with van der Waals surface area (Å²) in [6.45, 7) is 3.94. The molecule has 1 N–H and O–H groups in total. The Kier molecular flexibility index (Phi) is 6.46. The fourth-order valence-electron chi connectivity index (χ4n) is 1.96. The number of hydrogen-bond donors (Lipinski definition) is 1. The summed E-state index contributed by atoms with van der Waals surface area (Å²) >= 11 is 0. The number of carbonyl (C=O) groups is 1. The number of para-hydroxylation sites is 1. The maximum Gasteiger partial charge on any atom is 0.258 e. The number of benzene rings is 1. The summed E-state index contributed by atoms with van der Waals surface area (Å²) in [7, 11) is -3.23. The number of ether oxygens (including phenoxy) is 1. The van der Waals surface area contributed by atoms with Crippen LogP contribution in [0.4, 0.5) is 0 Å². The van der Waals surface area contributed by atoms with Gasteiger partial charge in [-0.25, -0.2) is 13.4 Å². The molecule has 26 heavy (non-hydrogen) atoms. The summed E-state index contributed by atoms with van der Waals surface area (Å²) in [6, 6.07) is 9.00. The predicted molar refractivity (Wildman–Crippen MR) is 99.0 cm³/mol. The molecule has 0 aliphatic heterocycles. The van der Waals surface area contributed by atoms with Crippen molar-refractivity contribution in [3.8, 4) is 11.6 Å². The molecule has 0 fully saturated rings. The average Bonchev–Trinajstić information content (AvgIpc) is 2.58. The maximum atomic E-state index is 12.4. The Morgan fingerprint density at radius 3 is 2.58 bits per heavy atom. The van der Waals surface area contributed by atoms with Crippen LogP contribution < -0.4 is 10.1 Å². The van der Waals surface area contributed by atoms with E-state index < -0.39 is 15.7 Å². The molecular weight excluding hydrogens is 354 g/mol. The monoisotopic (exact) mass is 375 g/mol. The van der Waals surface area contributed by atoms with Gasteiger partial charge in [0, 0.05) is 30.3 Å². The van der Waals surface area contributed by atoms with Crippen LogP contribution in [-0.4, -0.2) is 37.1 Å². The first-order valence-corrected chi connectivity index (χ1v) is 9.96. The van der Waals surface area contributed by atoms with Crippen molar-refractivity contribution in [2.45, 2.75) is 19.8 Å². The lowest BCUT2D eigenvalue weighted by molar-refractivity contribution is 0.0954. The van der Waals surface area contributed by atoms with Crippen LogP contribution in [0, 0.1) is 0 Å². The minimum Gasteiger partial charge on any atom is -0.438 e. The van der Waals surface area contributed by atoms with Crippen molar-refractivity contribution < 1.29 is 17.9 Å². The van der Waals surface area contributed by atoms with Crippen molar-refractivity contribution in [1.82, 2.24) is 15.3 Å². The van der Waals surface area contributed by atoms with Crippen molar-refractivity contribution in [3.05, 3.63) is 59.4 Å². The Morgan fingerprint density at radius 1 is 1.27 bits per heavy atom. The highest BCUT2D eigenvalue weighted by atomic mass is 32.2. The number of rotatable bonds is 7. The Labute approximate surface area is 153 Å². The van der Waals surface area contributed by atoms with Gasteiger partial charge in [0.15, 0.2) is 9.84 Å². The quantitative estimate of drug-likeness (QED) is 0.799. The molecule has 0 atom stereocenters. The van der Waals surface area contributed by atoms with Gasteiger partial charge < -0.3 is 10.1 Å². The molecule has 0 spiro atoms. The molecule has 138 valence electrons. The molecule has 0 aliphatic rings. The van der Waals surface area contributed by atoms with Crippen molar-refractivity contribution in [1.29, 1.82) is 0 Å². The lowest BCUT2D eigenvalue weighted by Gasteiger charge is -2.12.